The van der Waals surface area contributed by atoms with E-state index in [2.05, 4.69) is 27.1 Å². The van der Waals surface area contributed by atoms with E-state index in [9.17, 15) is 9.59 Å². The Morgan fingerprint density at radius 3 is 2.41 bits per heavy atom. The van der Waals surface area contributed by atoms with Gasteiger partial charge in [0.15, 0.2) is 0 Å². The molecule has 7 heteroatoms. The van der Waals surface area contributed by atoms with Crippen molar-refractivity contribution in [2.24, 2.45) is 5.10 Å². The second-order valence-electron chi connectivity index (χ2n) is 7.75. The second kappa shape index (κ2) is 11.1. The summed E-state index contributed by atoms with van der Waals surface area (Å²) in [6.45, 7) is 9.52. The van der Waals surface area contributed by atoms with E-state index in [0.717, 1.165) is 50.4 Å². The highest BCUT2D eigenvalue weighted by Crippen LogP contribution is 2.14. The van der Waals surface area contributed by atoms with Crippen LogP contribution in [0.25, 0.3) is 0 Å². The second-order valence-corrected chi connectivity index (χ2v) is 7.75. The minimum absolute atomic E-state index is 0.00907. The zero-order valence-corrected chi connectivity index (χ0v) is 17.5. The summed E-state index contributed by atoms with van der Waals surface area (Å²) in [7, 11) is 0. The smallest absolute Gasteiger partial charge is 0.243 e. The van der Waals surface area contributed by atoms with Gasteiger partial charge in [0.25, 0.3) is 0 Å². The summed E-state index contributed by atoms with van der Waals surface area (Å²) in [5.41, 5.74) is 1.87. The van der Waals surface area contributed by atoms with Crippen molar-refractivity contribution < 1.29 is 9.59 Å². The Bertz CT molecular complexity index is 698. The van der Waals surface area contributed by atoms with Crippen molar-refractivity contribution in [3.63, 3.8) is 0 Å². The molecular formula is C22H33N5O2. The molecule has 1 N–H and O–H groups in total. The molecular weight excluding hydrogens is 366 g/mol. The summed E-state index contributed by atoms with van der Waals surface area (Å²) in [6.07, 6.45) is 3.14. The number of rotatable bonds is 9. The average molecular weight is 400 g/mol. The summed E-state index contributed by atoms with van der Waals surface area (Å²) in [5, 5.41) is 8.67. The molecule has 1 fully saturated rings. The molecule has 2 aliphatic heterocycles. The summed E-state index contributed by atoms with van der Waals surface area (Å²) in [6, 6.07) is 9.82. The van der Waals surface area contributed by atoms with Crippen LogP contribution < -0.4 is 5.32 Å². The first-order valence-corrected chi connectivity index (χ1v) is 10.8. The molecule has 158 valence electrons. The van der Waals surface area contributed by atoms with Crippen LogP contribution in [0.4, 0.5) is 0 Å². The Labute approximate surface area is 173 Å². The number of hydrazone groups is 1. The number of amides is 2. The standard InChI is InChI=1S/C22H33N5O2/c1-2-12-25-14-16-26(17-15-25)13-6-11-23-21(28)18-27-22(29)10-9-20(24-27)19-7-4-3-5-8-19/h3-5,7-8H,2,6,9-18H2,1H3,(H,23,28). The van der Waals surface area contributed by atoms with Crippen LogP contribution in [0, 0.1) is 0 Å². The average Bonchev–Trinajstić information content (AvgIpc) is 2.75. The molecule has 1 aromatic rings. The maximum atomic E-state index is 12.3. The Balaban J connectivity index is 1.37. The summed E-state index contributed by atoms with van der Waals surface area (Å²) in [4.78, 5) is 29.4. The maximum Gasteiger partial charge on any atom is 0.243 e. The van der Waals surface area contributed by atoms with Crippen LogP contribution >= 0.6 is 0 Å². The van der Waals surface area contributed by atoms with Gasteiger partial charge in [0.2, 0.25) is 11.8 Å². The molecule has 0 atom stereocenters. The lowest BCUT2D eigenvalue weighted by Gasteiger charge is -2.34. The van der Waals surface area contributed by atoms with Gasteiger partial charge >= 0.3 is 0 Å². The van der Waals surface area contributed by atoms with Crippen LogP contribution in [-0.2, 0) is 9.59 Å². The first-order valence-electron chi connectivity index (χ1n) is 10.8. The van der Waals surface area contributed by atoms with Crippen molar-refractivity contribution in [1.82, 2.24) is 20.1 Å². The monoisotopic (exact) mass is 399 g/mol. The van der Waals surface area contributed by atoms with Gasteiger partial charge in [0.1, 0.15) is 6.54 Å². The largest absolute Gasteiger partial charge is 0.354 e. The third-order valence-electron chi connectivity index (χ3n) is 5.48. The molecule has 2 aliphatic rings. The molecule has 0 bridgehead atoms. The Kier molecular flexibility index (Phi) is 8.19. The van der Waals surface area contributed by atoms with Crippen molar-refractivity contribution in [2.45, 2.75) is 32.6 Å². The molecule has 0 aromatic heterocycles. The molecule has 0 unspecified atom stereocenters. The molecule has 0 saturated carbocycles. The lowest BCUT2D eigenvalue weighted by atomic mass is 10.0. The molecule has 2 heterocycles. The number of carbonyl (C=O) groups is 2. The van der Waals surface area contributed by atoms with Gasteiger partial charge < -0.3 is 15.1 Å². The lowest BCUT2D eigenvalue weighted by molar-refractivity contribution is -0.136. The first-order chi connectivity index (χ1) is 14.2. The van der Waals surface area contributed by atoms with Gasteiger partial charge in [-0.3, -0.25) is 9.59 Å². The minimum atomic E-state index is -0.149. The van der Waals surface area contributed by atoms with Crippen LogP contribution in [0.2, 0.25) is 0 Å². The number of hydrogen-bond donors (Lipinski definition) is 1. The van der Waals surface area contributed by atoms with Gasteiger partial charge in [-0.15, -0.1) is 0 Å². The zero-order chi connectivity index (χ0) is 20.5. The van der Waals surface area contributed by atoms with Gasteiger partial charge in [0.05, 0.1) is 5.71 Å². The maximum absolute atomic E-state index is 12.3. The highest BCUT2D eigenvalue weighted by Gasteiger charge is 2.23. The van der Waals surface area contributed by atoms with E-state index in [1.165, 1.54) is 18.0 Å². The lowest BCUT2D eigenvalue weighted by Crippen LogP contribution is -2.47. The molecule has 29 heavy (non-hydrogen) atoms. The highest BCUT2D eigenvalue weighted by molar-refractivity contribution is 6.04. The van der Waals surface area contributed by atoms with E-state index in [0.29, 0.717) is 19.4 Å². The van der Waals surface area contributed by atoms with Crippen molar-refractivity contribution in [1.29, 1.82) is 0 Å². The number of piperazine rings is 1. The minimum Gasteiger partial charge on any atom is -0.354 e. The topological polar surface area (TPSA) is 68.2 Å². The summed E-state index contributed by atoms with van der Waals surface area (Å²) in [5.74, 6) is -0.242. The predicted octanol–water partition coefficient (Wildman–Crippen LogP) is 1.55. The van der Waals surface area contributed by atoms with E-state index in [1.54, 1.807) is 0 Å². The van der Waals surface area contributed by atoms with Crippen molar-refractivity contribution in [3.8, 4) is 0 Å². The van der Waals surface area contributed by atoms with Crippen molar-refractivity contribution >= 4 is 17.5 Å². The van der Waals surface area contributed by atoms with Gasteiger partial charge in [-0.1, -0.05) is 37.3 Å². The molecule has 1 aromatic carbocycles. The first kappa shape index (κ1) is 21.5. The van der Waals surface area contributed by atoms with Crippen molar-refractivity contribution in [2.75, 3.05) is 52.4 Å². The number of nitrogens with one attached hydrogen (secondary N) is 1. The molecule has 1 saturated heterocycles. The van der Waals surface area contributed by atoms with E-state index >= 15 is 0 Å². The highest BCUT2D eigenvalue weighted by atomic mass is 16.2. The van der Waals surface area contributed by atoms with E-state index < -0.39 is 0 Å². The van der Waals surface area contributed by atoms with Crippen LogP contribution in [0.3, 0.4) is 0 Å². The van der Waals surface area contributed by atoms with Gasteiger partial charge in [0, 0.05) is 45.6 Å². The van der Waals surface area contributed by atoms with Crippen LogP contribution in [0.15, 0.2) is 35.4 Å². The Hall–Kier alpha value is -2.25. The fraction of sp³-hybridized carbons (Fsp3) is 0.591. The van der Waals surface area contributed by atoms with E-state index in [-0.39, 0.29) is 18.4 Å². The molecule has 0 radical (unpaired) electrons. The van der Waals surface area contributed by atoms with Gasteiger partial charge in [-0.05, 0) is 31.5 Å². The van der Waals surface area contributed by atoms with Gasteiger partial charge in [-0.2, -0.15) is 5.10 Å². The quantitative estimate of drug-likeness (QED) is 0.640. The fourth-order valence-corrected chi connectivity index (χ4v) is 3.84. The molecule has 0 aliphatic carbocycles. The molecule has 2 amide bonds. The number of nitrogens with zero attached hydrogens (tertiary/aromatic N) is 4. The van der Waals surface area contributed by atoms with Crippen molar-refractivity contribution in [3.05, 3.63) is 35.9 Å². The zero-order valence-electron chi connectivity index (χ0n) is 17.5. The Morgan fingerprint density at radius 2 is 1.72 bits per heavy atom. The molecule has 0 spiro atoms. The predicted molar refractivity (Wildman–Crippen MR) is 115 cm³/mol. The van der Waals surface area contributed by atoms with Crippen LogP contribution in [0.1, 0.15) is 38.2 Å². The molecule has 3 rings (SSSR count). The number of hydrogen-bond acceptors (Lipinski definition) is 5. The van der Waals surface area contributed by atoms with Crippen LogP contribution in [0.5, 0.6) is 0 Å². The third-order valence-corrected chi connectivity index (χ3v) is 5.48. The number of benzene rings is 1. The van der Waals surface area contributed by atoms with E-state index in [4.69, 9.17) is 0 Å². The Morgan fingerprint density at radius 1 is 1.03 bits per heavy atom. The normalized spacial score (nSPS) is 18.6. The summed E-state index contributed by atoms with van der Waals surface area (Å²) >= 11 is 0. The molecule has 7 nitrogen and oxygen atoms in total. The SMILES string of the molecule is CCCN1CCN(CCCNC(=O)CN2N=C(c3ccccc3)CCC2=O)CC1. The summed E-state index contributed by atoms with van der Waals surface area (Å²) < 4.78 is 0. The van der Waals surface area contributed by atoms with Crippen LogP contribution in [-0.4, -0.2) is 84.7 Å². The number of carbonyl (C=O) groups excluding carboxylic acids is 2. The van der Waals surface area contributed by atoms with Gasteiger partial charge in [-0.25, -0.2) is 5.01 Å². The fourth-order valence-electron chi connectivity index (χ4n) is 3.84. The third kappa shape index (κ3) is 6.65. The van der Waals surface area contributed by atoms with E-state index in [1.807, 2.05) is 30.3 Å².